The molecule has 1 aromatic rings. The van der Waals surface area contributed by atoms with E-state index in [9.17, 15) is 14.4 Å². The number of nitriles is 1. The maximum atomic E-state index is 12.5. The molecule has 1 aromatic carbocycles. The van der Waals surface area contributed by atoms with Crippen molar-refractivity contribution < 1.29 is 23.9 Å². The largest absolute Gasteiger partial charge is 0.443 e. The van der Waals surface area contributed by atoms with Crippen LogP contribution in [0.5, 0.6) is 0 Å². The third-order valence-corrected chi connectivity index (χ3v) is 3.48. The lowest BCUT2D eigenvalue weighted by atomic mass is 10.1. The van der Waals surface area contributed by atoms with Gasteiger partial charge in [-0.25, -0.2) is 15.2 Å². The van der Waals surface area contributed by atoms with E-state index < -0.39 is 24.2 Å². The highest BCUT2D eigenvalue weighted by Gasteiger charge is 2.28. The maximum Gasteiger partial charge on any atom is 0.426 e. The topological polar surface area (TPSA) is 109 Å². The molecule has 1 N–H and O–H groups in total. The van der Waals surface area contributed by atoms with Crippen LogP contribution in [0.15, 0.2) is 30.3 Å². The van der Waals surface area contributed by atoms with Crippen molar-refractivity contribution in [3.05, 3.63) is 35.9 Å². The number of carbonyl (C=O) groups excluding carboxylic acids is 3. The molecule has 1 unspecified atom stereocenters. The molecule has 1 rings (SSSR count). The van der Waals surface area contributed by atoms with Crippen molar-refractivity contribution in [3.63, 3.8) is 0 Å². The number of hydrogen-bond acceptors (Lipinski definition) is 6. The van der Waals surface area contributed by atoms with Gasteiger partial charge in [0.2, 0.25) is 12.1 Å². The van der Waals surface area contributed by atoms with Crippen molar-refractivity contribution in [2.45, 2.75) is 52.9 Å². The average Bonchev–Trinajstić information content (AvgIpc) is 2.62. The number of esters is 1. The van der Waals surface area contributed by atoms with Gasteiger partial charge in [-0.05, 0) is 17.9 Å². The molecule has 0 bridgehead atoms. The van der Waals surface area contributed by atoms with Crippen molar-refractivity contribution in [1.82, 2.24) is 10.4 Å². The molecule has 0 saturated heterocycles. The van der Waals surface area contributed by atoms with E-state index in [0.29, 0.717) is 6.42 Å². The lowest BCUT2D eigenvalue weighted by Gasteiger charge is -2.29. The third-order valence-electron chi connectivity index (χ3n) is 3.48. The van der Waals surface area contributed by atoms with Gasteiger partial charge in [0.25, 0.3) is 0 Å². The van der Waals surface area contributed by atoms with E-state index in [0.717, 1.165) is 17.5 Å². The Labute approximate surface area is 159 Å². The summed E-state index contributed by atoms with van der Waals surface area (Å²) >= 11 is 0. The minimum absolute atomic E-state index is 0.0111. The number of nitrogens with one attached hydrogen (secondary N) is 1. The molecular formula is C19H25N3O5. The number of hydrazine groups is 1. The Hall–Kier alpha value is -3.08. The van der Waals surface area contributed by atoms with Gasteiger partial charge in [0.1, 0.15) is 6.61 Å². The molecule has 0 saturated carbocycles. The third kappa shape index (κ3) is 8.72. The Morgan fingerprint density at radius 3 is 2.44 bits per heavy atom. The second kappa shape index (κ2) is 11.5. The fourth-order valence-corrected chi connectivity index (χ4v) is 2.14. The monoisotopic (exact) mass is 375 g/mol. The van der Waals surface area contributed by atoms with E-state index >= 15 is 0 Å². The highest BCUT2D eigenvalue weighted by Crippen LogP contribution is 2.11. The van der Waals surface area contributed by atoms with Crippen LogP contribution in [-0.2, 0) is 25.7 Å². The summed E-state index contributed by atoms with van der Waals surface area (Å²) in [6.07, 6.45) is -1.69. The van der Waals surface area contributed by atoms with E-state index in [-0.39, 0.29) is 25.4 Å². The van der Waals surface area contributed by atoms with Crippen molar-refractivity contribution in [3.8, 4) is 6.07 Å². The standard InChI is InChI=1S/C19H25N3O5/c1-14(2)9-10-17(24)22(18(11-12-20)27-15(3)23)21-19(25)26-13-16-7-5-4-6-8-16/h4-8,14,18H,9-11,13H2,1-3H3,(H,21,25). The average molecular weight is 375 g/mol. The zero-order valence-corrected chi connectivity index (χ0v) is 15.8. The quantitative estimate of drug-likeness (QED) is 0.425. The predicted molar refractivity (Wildman–Crippen MR) is 96.5 cm³/mol. The van der Waals surface area contributed by atoms with E-state index in [1.807, 2.05) is 38.1 Å². The van der Waals surface area contributed by atoms with E-state index in [1.165, 1.54) is 0 Å². The van der Waals surface area contributed by atoms with Crippen LogP contribution in [0.3, 0.4) is 0 Å². The number of amides is 2. The molecule has 0 heterocycles. The number of benzene rings is 1. The fraction of sp³-hybridized carbons (Fsp3) is 0.474. The molecule has 2 amide bonds. The molecule has 0 aliphatic heterocycles. The lowest BCUT2D eigenvalue weighted by Crippen LogP contribution is -2.53. The van der Waals surface area contributed by atoms with Gasteiger partial charge in [-0.1, -0.05) is 44.2 Å². The summed E-state index contributed by atoms with van der Waals surface area (Å²) < 4.78 is 10.1. The summed E-state index contributed by atoms with van der Waals surface area (Å²) in [6.45, 7) is 5.09. The predicted octanol–water partition coefficient (Wildman–Crippen LogP) is 2.90. The van der Waals surface area contributed by atoms with Crippen LogP contribution < -0.4 is 5.43 Å². The molecule has 0 aliphatic carbocycles. The minimum atomic E-state index is -1.23. The Morgan fingerprint density at radius 1 is 1.22 bits per heavy atom. The first-order valence-corrected chi connectivity index (χ1v) is 8.67. The van der Waals surface area contributed by atoms with Crippen LogP contribution in [0.1, 0.15) is 45.6 Å². The lowest BCUT2D eigenvalue weighted by molar-refractivity contribution is -0.167. The van der Waals surface area contributed by atoms with Crippen LogP contribution in [0.2, 0.25) is 0 Å². The van der Waals surface area contributed by atoms with E-state index in [2.05, 4.69) is 5.43 Å². The van der Waals surface area contributed by atoms with Crippen molar-refractivity contribution >= 4 is 18.0 Å². The summed E-state index contributed by atoms with van der Waals surface area (Å²) in [5.74, 6) is -0.873. The molecule has 0 radical (unpaired) electrons. The Bertz CT molecular complexity index is 670. The Balaban J connectivity index is 2.81. The highest BCUT2D eigenvalue weighted by atomic mass is 16.6. The number of nitrogens with zero attached hydrogens (tertiary/aromatic N) is 2. The number of ether oxygens (including phenoxy) is 2. The molecular weight excluding hydrogens is 350 g/mol. The first kappa shape index (κ1) is 22.0. The minimum Gasteiger partial charge on any atom is -0.443 e. The molecule has 8 heteroatoms. The normalized spacial score (nSPS) is 11.2. The molecule has 8 nitrogen and oxygen atoms in total. The first-order chi connectivity index (χ1) is 12.8. The van der Waals surface area contributed by atoms with Crippen molar-refractivity contribution in [2.75, 3.05) is 0 Å². The van der Waals surface area contributed by atoms with Crippen LogP contribution >= 0.6 is 0 Å². The van der Waals surface area contributed by atoms with Gasteiger partial charge in [0.05, 0.1) is 12.5 Å². The highest BCUT2D eigenvalue weighted by molar-refractivity contribution is 5.79. The smallest absolute Gasteiger partial charge is 0.426 e. The molecule has 27 heavy (non-hydrogen) atoms. The van der Waals surface area contributed by atoms with Gasteiger partial charge >= 0.3 is 12.1 Å². The molecule has 0 spiro atoms. The van der Waals surface area contributed by atoms with Gasteiger partial charge in [-0.2, -0.15) is 5.26 Å². The molecule has 0 aromatic heterocycles. The molecule has 0 aliphatic rings. The Morgan fingerprint density at radius 2 is 1.89 bits per heavy atom. The fourth-order valence-electron chi connectivity index (χ4n) is 2.14. The van der Waals surface area contributed by atoms with Gasteiger partial charge in [-0.3, -0.25) is 9.59 Å². The van der Waals surface area contributed by atoms with Crippen LogP contribution in [-0.4, -0.2) is 29.2 Å². The zero-order valence-electron chi connectivity index (χ0n) is 15.8. The molecule has 0 fully saturated rings. The number of rotatable bonds is 8. The second-order valence-corrected chi connectivity index (χ2v) is 6.30. The van der Waals surface area contributed by atoms with E-state index in [1.54, 1.807) is 12.1 Å². The second-order valence-electron chi connectivity index (χ2n) is 6.30. The zero-order chi connectivity index (χ0) is 20.2. The van der Waals surface area contributed by atoms with Crippen molar-refractivity contribution in [1.29, 1.82) is 5.26 Å². The first-order valence-electron chi connectivity index (χ1n) is 8.67. The summed E-state index contributed by atoms with van der Waals surface area (Å²) in [6, 6.07) is 10.9. The van der Waals surface area contributed by atoms with Gasteiger partial charge < -0.3 is 9.47 Å². The maximum absolute atomic E-state index is 12.5. The molecule has 1 atom stereocenters. The van der Waals surface area contributed by atoms with Crippen molar-refractivity contribution in [2.24, 2.45) is 5.92 Å². The van der Waals surface area contributed by atoms with Crippen LogP contribution in [0.25, 0.3) is 0 Å². The summed E-state index contributed by atoms with van der Waals surface area (Å²) in [7, 11) is 0. The van der Waals surface area contributed by atoms with Gasteiger partial charge in [-0.15, -0.1) is 0 Å². The summed E-state index contributed by atoms with van der Waals surface area (Å²) in [5.41, 5.74) is 3.07. The van der Waals surface area contributed by atoms with E-state index in [4.69, 9.17) is 14.7 Å². The molecule has 146 valence electrons. The van der Waals surface area contributed by atoms with Gasteiger partial charge in [0, 0.05) is 13.3 Å². The Kier molecular flexibility index (Phi) is 9.37. The SMILES string of the molecule is CC(=O)OC(CC#N)N(NC(=O)OCc1ccccc1)C(=O)CCC(C)C. The summed E-state index contributed by atoms with van der Waals surface area (Å²) in [5, 5.41) is 9.82. The summed E-state index contributed by atoms with van der Waals surface area (Å²) in [4.78, 5) is 35.9. The van der Waals surface area contributed by atoms with Gasteiger partial charge in [0.15, 0.2) is 0 Å². The number of hydrogen-bond donors (Lipinski definition) is 1. The number of carbonyl (C=O) groups is 3. The van der Waals surface area contributed by atoms with Crippen LogP contribution in [0, 0.1) is 17.2 Å². The van der Waals surface area contributed by atoms with Crippen LogP contribution in [0.4, 0.5) is 4.79 Å².